The molecule has 0 aliphatic heterocycles. The second-order valence-corrected chi connectivity index (χ2v) is 7.32. The van der Waals surface area contributed by atoms with Crippen LogP contribution in [0.3, 0.4) is 0 Å². The first kappa shape index (κ1) is 16.3. The Kier molecular flexibility index (Phi) is 4.29. The first-order valence-corrected chi connectivity index (χ1v) is 9.64. The number of phenols is 1. The molecule has 2 aromatic carbocycles. The molecule has 0 bridgehead atoms. The number of fused-ring (bicyclic) bond motifs is 2. The minimum Gasteiger partial charge on any atom is -0.508 e. The lowest BCUT2D eigenvalue weighted by atomic mass is 9.91. The summed E-state index contributed by atoms with van der Waals surface area (Å²) in [7, 11) is 0. The number of phenolic OH excluding ortho intramolecular Hbond substituents is 1. The molecule has 1 N–H and O–H groups in total. The van der Waals surface area contributed by atoms with E-state index in [-0.39, 0.29) is 0 Å². The zero-order valence-electron chi connectivity index (χ0n) is 15.3. The Hall–Kier alpha value is -2.22. The van der Waals surface area contributed by atoms with Crippen molar-refractivity contribution < 1.29 is 5.11 Å². The quantitative estimate of drug-likeness (QED) is 0.635. The van der Waals surface area contributed by atoms with Gasteiger partial charge in [0.05, 0.1) is 5.69 Å². The number of unbranched alkanes of at least 4 members (excludes halogenated alkanes) is 1. The van der Waals surface area contributed by atoms with Gasteiger partial charge in [-0.2, -0.15) is 0 Å². The van der Waals surface area contributed by atoms with Crippen LogP contribution < -0.4 is 0 Å². The van der Waals surface area contributed by atoms with Gasteiger partial charge in [-0.3, -0.25) is 0 Å². The Morgan fingerprint density at radius 1 is 1.04 bits per heavy atom. The van der Waals surface area contributed by atoms with E-state index in [9.17, 15) is 5.11 Å². The molecule has 1 aliphatic carbocycles. The van der Waals surface area contributed by atoms with Crippen molar-refractivity contribution in [3.05, 3.63) is 58.9 Å². The van der Waals surface area contributed by atoms with E-state index in [1.54, 1.807) is 17.2 Å². The molecule has 1 aromatic heterocycles. The van der Waals surface area contributed by atoms with Crippen LogP contribution in [-0.4, -0.2) is 9.67 Å². The van der Waals surface area contributed by atoms with Crippen molar-refractivity contribution in [2.75, 3.05) is 0 Å². The number of hydrogen-bond donors (Lipinski definition) is 1. The average molecular weight is 333 g/mol. The first-order chi connectivity index (χ1) is 12.2. The molecule has 1 heterocycles. The van der Waals surface area contributed by atoms with Gasteiger partial charge in [0.15, 0.2) is 0 Å². The maximum absolute atomic E-state index is 10.0. The highest BCUT2D eigenvalue weighted by Gasteiger charge is 2.23. The van der Waals surface area contributed by atoms with Crippen molar-refractivity contribution in [3.63, 3.8) is 0 Å². The monoisotopic (exact) mass is 333 g/mol. The van der Waals surface area contributed by atoms with Crippen molar-refractivity contribution >= 4 is 10.8 Å². The van der Waals surface area contributed by atoms with E-state index in [2.05, 4.69) is 36.6 Å². The molecular formula is C23H27NO. The van der Waals surface area contributed by atoms with Gasteiger partial charge in [-0.05, 0) is 80.2 Å². The van der Waals surface area contributed by atoms with Crippen molar-refractivity contribution in [2.45, 2.75) is 58.8 Å². The lowest BCUT2D eigenvalue weighted by Gasteiger charge is -2.16. The largest absolute Gasteiger partial charge is 0.508 e. The zero-order chi connectivity index (χ0) is 17.4. The fourth-order valence-corrected chi connectivity index (χ4v) is 4.47. The zero-order valence-corrected chi connectivity index (χ0v) is 15.3. The second-order valence-electron chi connectivity index (χ2n) is 7.32. The number of aromatic nitrogens is 1. The topological polar surface area (TPSA) is 25.2 Å². The smallest absolute Gasteiger partial charge is 0.116 e. The van der Waals surface area contributed by atoms with E-state index in [1.165, 1.54) is 61.0 Å². The predicted octanol–water partition coefficient (Wildman–Crippen LogP) is 5.87. The SMILES string of the molecule is CCCCc1c2c(c(C)n1-c1cccc3ccc(O)cc13)CCCC2. The van der Waals surface area contributed by atoms with Crippen LogP contribution in [0.2, 0.25) is 0 Å². The van der Waals surface area contributed by atoms with Gasteiger partial charge in [0.25, 0.3) is 0 Å². The van der Waals surface area contributed by atoms with Crippen molar-refractivity contribution in [1.82, 2.24) is 4.57 Å². The third kappa shape index (κ3) is 2.74. The molecule has 25 heavy (non-hydrogen) atoms. The highest BCUT2D eigenvalue weighted by atomic mass is 16.3. The molecule has 130 valence electrons. The molecule has 0 saturated heterocycles. The summed E-state index contributed by atoms with van der Waals surface area (Å²) in [5.41, 5.74) is 7.30. The average Bonchev–Trinajstić information content (AvgIpc) is 2.92. The number of aromatic hydroxyl groups is 1. The van der Waals surface area contributed by atoms with Crippen molar-refractivity contribution in [1.29, 1.82) is 0 Å². The van der Waals surface area contributed by atoms with Gasteiger partial charge in [0, 0.05) is 16.8 Å². The third-order valence-corrected chi connectivity index (χ3v) is 5.71. The molecule has 2 heteroatoms. The molecule has 1 aliphatic rings. The lowest BCUT2D eigenvalue weighted by Crippen LogP contribution is -2.05. The van der Waals surface area contributed by atoms with E-state index >= 15 is 0 Å². The third-order valence-electron chi connectivity index (χ3n) is 5.71. The molecule has 0 radical (unpaired) electrons. The standard InChI is InChI=1S/C23H27NO/c1-3-4-11-22-20-10-6-5-9-19(20)16(2)24(22)23-12-7-8-17-13-14-18(25)15-21(17)23/h7-8,12-15,25H,3-6,9-11H2,1-2H3. The van der Waals surface area contributed by atoms with Crippen LogP contribution in [0.4, 0.5) is 0 Å². The number of hydrogen-bond acceptors (Lipinski definition) is 1. The van der Waals surface area contributed by atoms with E-state index in [0.717, 1.165) is 11.8 Å². The van der Waals surface area contributed by atoms with Crippen LogP contribution in [0.5, 0.6) is 5.75 Å². The normalized spacial score (nSPS) is 14.0. The van der Waals surface area contributed by atoms with Gasteiger partial charge in [-0.15, -0.1) is 0 Å². The first-order valence-electron chi connectivity index (χ1n) is 9.64. The van der Waals surface area contributed by atoms with E-state index in [4.69, 9.17) is 0 Å². The van der Waals surface area contributed by atoms with Crippen molar-refractivity contribution in [2.24, 2.45) is 0 Å². The summed E-state index contributed by atoms with van der Waals surface area (Å²) in [5, 5.41) is 12.4. The van der Waals surface area contributed by atoms with E-state index in [1.807, 2.05) is 12.1 Å². The number of nitrogens with zero attached hydrogens (tertiary/aromatic N) is 1. The molecule has 0 fully saturated rings. The Bertz CT molecular complexity index is 919. The van der Waals surface area contributed by atoms with Crippen LogP contribution in [0, 0.1) is 6.92 Å². The summed E-state index contributed by atoms with van der Waals surface area (Å²) < 4.78 is 2.49. The predicted molar refractivity (Wildman–Crippen MR) is 105 cm³/mol. The fourth-order valence-electron chi connectivity index (χ4n) is 4.47. The minimum absolute atomic E-state index is 0.338. The molecule has 0 amide bonds. The molecule has 0 atom stereocenters. The molecule has 2 nitrogen and oxygen atoms in total. The molecule has 3 aromatic rings. The molecule has 0 spiro atoms. The second kappa shape index (κ2) is 6.59. The van der Waals surface area contributed by atoms with Crippen LogP contribution in [0.1, 0.15) is 55.1 Å². The molecule has 0 unspecified atom stereocenters. The van der Waals surface area contributed by atoms with E-state index in [0.29, 0.717) is 5.75 Å². The summed E-state index contributed by atoms with van der Waals surface area (Å²) in [5.74, 6) is 0.338. The van der Waals surface area contributed by atoms with Gasteiger partial charge in [-0.25, -0.2) is 0 Å². The Morgan fingerprint density at radius 3 is 2.64 bits per heavy atom. The minimum atomic E-state index is 0.338. The Labute approximate surface area is 150 Å². The molecule has 0 saturated carbocycles. The number of rotatable bonds is 4. The summed E-state index contributed by atoms with van der Waals surface area (Å²) in [4.78, 5) is 0. The summed E-state index contributed by atoms with van der Waals surface area (Å²) in [6, 6.07) is 12.2. The highest BCUT2D eigenvalue weighted by molar-refractivity contribution is 5.91. The van der Waals surface area contributed by atoms with Crippen LogP contribution >= 0.6 is 0 Å². The van der Waals surface area contributed by atoms with Gasteiger partial charge < -0.3 is 9.67 Å². The van der Waals surface area contributed by atoms with Gasteiger partial charge in [0.1, 0.15) is 5.75 Å². The lowest BCUT2D eigenvalue weighted by molar-refractivity contribution is 0.476. The summed E-state index contributed by atoms with van der Waals surface area (Å²) in [6.07, 6.45) is 8.64. The maximum atomic E-state index is 10.0. The van der Waals surface area contributed by atoms with Crippen LogP contribution in [0.25, 0.3) is 16.5 Å². The van der Waals surface area contributed by atoms with Gasteiger partial charge in [-0.1, -0.05) is 31.5 Å². The summed E-state index contributed by atoms with van der Waals surface area (Å²) >= 11 is 0. The molecular weight excluding hydrogens is 306 g/mol. The highest BCUT2D eigenvalue weighted by Crippen LogP contribution is 2.36. The van der Waals surface area contributed by atoms with Crippen LogP contribution in [0.15, 0.2) is 36.4 Å². The van der Waals surface area contributed by atoms with Gasteiger partial charge >= 0.3 is 0 Å². The van der Waals surface area contributed by atoms with Gasteiger partial charge in [0.2, 0.25) is 0 Å². The van der Waals surface area contributed by atoms with E-state index < -0.39 is 0 Å². The fraction of sp³-hybridized carbons (Fsp3) is 0.391. The Morgan fingerprint density at radius 2 is 1.84 bits per heavy atom. The number of benzene rings is 2. The van der Waals surface area contributed by atoms with Crippen molar-refractivity contribution in [3.8, 4) is 11.4 Å². The maximum Gasteiger partial charge on any atom is 0.116 e. The summed E-state index contributed by atoms with van der Waals surface area (Å²) in [6.45, 7) is 4.55. The van der Waals surface area contributed by atoms with Crippen LogP contribution in [-0.2, 0) is 19.3 Å². The molecule has 4 rings (SSSR count). The Balaban J connectivity index is 1.99.